The number of hydrogen-bond donors (Lipinski definition) is 0. The van der Waals surface area contributed by atoms with E-state index in [2.05, 4.69) is 4.74 Å². The predicted molar refractivity (Wildman–Crippen MR) is 55.7 cm³/mol. The fourth-order valence-electron chi connectivity index (χ4n) is 1.32. The van der Waals surface area contributed by atoms with E-state index in [0.29, 0.717) is 12.0 Å². The zero-order chi connectivity index (χ0) is 11.4. The zero-order valence-corrected chi connectivity index (χ0v) is 8.72. The highest BCUT2D eigenvalue weighted by Gasteiger charge is 2.26. The highest BCUT2D eigenvalue weighted by Crippen LogP contribution is 2.24. The van der Waals surface area contributed by atoms with E-state index in [4.69, 9.17) is 4.74 Å². The molecule has 1 fully saturated rings. The molecular formula is C12H12O4. The second kappa shape index (κ2) is 4.79. The normalized spacial score (nSPS) is 14.2. The molecule has 4 heteroatoms. The van der Waals surface area contributed by atoms with Gasteiger partial charge < -0.3 is 9.47 Å². The molecule has 2 rings (SSSR count). The fraction of sp³-hybridized carbons (Fsp3) is 0.333. The van der Waals surface area contributed by atoms with Crippen LogP contribution in [0.25, 0.3) is 0 Å². The SMILES string of the molecule is O=COCc1cccc(C(=O)OC2CC2)c1. The van der Waals surface area contributed by atoms with Crippen LogP contribution in [0.5, 0.6) is 0 Å². The number of rotatable bonds is 5. The molecule has 1 aliphatic carbocycles. The van der Waals surface area contributed by atoms with Gasteiger partial charge in [-0.2, -0.15) is 0 Å². The number of carbonyl (C=O) groups is 2. The summed E-state index contributed by atoms with van der Waals surface area (Å²) in [5.41, 5.74) is 1.27. The Morgan fingerprint density at radius 3 is 2.94 bits per heavy atom. The summed E-state index contributed by atoms with van der Waals surface area (Å²) >= 11 is 0. The lowest BCUT2D eigenvalue weighted by Crippen LogP contribution is -2.07. The van der Waals surface area contributed by atoms with Crippen LogP contribution in [0, 0.1) is 0 Å². The van der Waals surface area contributed by atoms with Crippen molar-refractivity contribution in [1.82, 2.24) is 0 Å². The van der Waals surface area contributed by atoms with E-state index < -0.39 is 0 Å². The number of carbonyl (C=O) groups excluding carboxylic acids is 2. The van der Waals surface area contributed by atoms with Gasteiger partial charge in [-0.05, 0) is 30.5 Å². The molecule has 1 aromatic rings. The third kappa shape index (κ3) is 2.82. The molecule has 1 saturated carbocycles. The van der Waals surface area contributed by atoms with Crippen LogP contribution in [-0.4, -0.2) is 18.5 Å². The van der Waals surface area contributed by atoms with Crippen molar-refractivity contribution in [3.8, 4) is 0 Å². The van der Waals surface area contributed by atoms with E-state index in [1.165, 1.54) is 0 Å². The van der Waals surface area contributed by atoms with E-state index in [9.17, 15) is 9.59 Å². The third-order valence-electron chi connectivity index (χ3n) is 2.28. The Balaban J connectivity index is 2.01. The van der Waals surface area contributed by atoms with Gasteiger partial charge in [0.1, 0.15) is 12.7 Å². The average Bonchev–Trinajstić information content (AvgIpc) is 3.10. The summed E-state index contributed by atoms with van der Waals surface area (Å²) in [5, 5.41) is 0. The maximum absolute atomic E-state index is 11.6. The molecule has 4 nitrogen and oxygen atoms in total. The highest BCUT2D eigenvalue weighted by molar-refractivity contribution is 5.89. The molecule has 0 radical (unpaired) electrons. The topological polar surface area (TPSA) is 52.6 Å². The lowest BCUT2D eigenvalue weighted by molar-refractivity contribution is -0.129. The van der Waals surface area contributed by atoms with Crippen LogP contribution in [0.15, 0.2) is 24.3 Å². The van der Waals surface area contributed by atoms with Gasteiger partial charge in [0.25, 0.3) is 6.47 Å². The van der Waals surface area contributed by atoms with Crippen molar-refractivity contribution >= 4 is 12.4 Å². The summed E-state index contributed by atoms with van der Waals surface area (Å²) < 4.78 is 9.77. The van der Waals surface area contributed by atoms with Crippen molar-refractivity contribution in [2.45, 2.75) is 25.6 Å². The first-order valence-corrected chi connectivity index (χ1v) is 5.15. The Labute approximate surface area is 93.2 Å². The van der Waals surface area contributed by atoms with Crippen LogP contribution in [0.1, 0.15) is 28.8 Å². The van der Waals surface area contributed by atoms with Crippen molar-refractivity contribution < 1.29 is 19.1 Å². The number of hydrogen-bond acceptors (Lipinski definition) is 4. The van der Waals surface area contributed by atoms with Crippen molar-refractivity contribution in [2.75, 3.05) is 0 Å². The van der Waals surface area contributed by atoms with Crippen LogP contribution in [0.4, 0.5) is 0 Å². The third-order valence-corrected chi connectivity index (χ3v) is 2.28. The first kappa shape index (κ1) is 10.7. The Bertz CT molecular complexity index is 396. The van der Waals surface area contributed by atoms with Gasteiger partial charge in [0.05, 0.1) is 5.56 Å². The molecule has 0 spiro atoms. The largest absolute Gasteiger partial charge is 0.463 e. The Kier molecular flexibility index (Phi) is 3.19. The highest BCUT2D eigenvalue weighted by atomic mass is 16.5. The van der Waals surface area contributed by atoms with Crippen molar-refractivity contribution in [3.63, 3.8) is 0 Å². The summed E-state index contributed by atoms with van der Waals surface area (Å²) in [6, 6.07) is 6.90. The van der Waals surface area contributed by atoms with Crippen molar-refractivity contribution in [1.29, 1.82) is 0 Å². The molecule has 0 bridgehead atoms. The zero-order valence-electron chi connectivity index (χ0n) is 8.72. The van der Waals surface area contributed by atoms with E-state index in [1.807, 2.05) is 0 Å². The van der Waals surface area contributed by atoms with Gasteiger partial charge >= 0.3 is 5.97 Å². The first-order valence-electron chi connectivity index (χ1n) is 5.15. The Morgan fingerprint density at radius 2 is 2.25 bits per heavy atom. The maximum Gasteiger partial charge on any atom is 0.338 e. The molecule has 16 heavy (non-hydrogen) atoms. The summed E-state index contributed by atoms with van der Waals surface area (Å²) in [5.74, 6) is -0.310. The van der Waals surface area contributed by atoms with Crippen LogP contribution in [-0.2, 0) is 20.9 Å². The van der Waals surface area contributed by atoms with E-state index in [-0.39, 0.29) is 18.7 Å². The molecule has 0 heterocycles. The standard InChI is InChI=1S/C12H12O4/c13-8-15-7-9-2-1-3-10(6-9)12(14)16-11-4-5-11/h1-3,6,8,11H,4-5,7H2. The smallest absolute Gasteiger partial charge is 0.338 e. The van der Waals surface area contributed by atoms with Crippen LogP contribution >= 0.6 is 0 Å². The van der Waals surface area contributed by atoms with Gasteiger partial charge in [-0.15, -0.1) is 0 Å². The second-order valence-electron chi connectivity index (χ2n) is 3.71. The quantitative estimate of drug-likeness (QED) is 0.559. The second-order valence-corrected chi connectivity index (χ2v) is 3.71. The molecule has 0 atom stereocenters. The van der Waals surface area contributed by atoms with Crippen LogP contribution < -0.4 is 0 Å². The lowest BCUT2D eigenvalue weighted by atomic mass is 10.1. The summed E-state index contributed by atoms with van der Waals surface area (Å²) in [7, 11) is 0. The fourth-order valence-corrected chi connectivity index (χ4v) is 1.32. The molecule has 0 saturated heterocycles. The Morgan fingerprint density at radius 1 is 1.44 bits per heavy atom. The summed E-state index contributed by atoms with van der Waals surface area (Å²) in [4.78, 5) is 21.6. The van der Waals surface area contributed by atoms with E-state index in [1.54, 1.807) is 24.3 Å². The minimum absolute atomic E-state index is 0.0994. The summed E-state index contributed by atoms with van der Waals surface area (Å²) in [6.45, 7) is 0.559. The molecule has 84 valence electrons. The minimum atomic E-state index is -0.310. The molecule has 1 aliphatic rings. The van der Waals surface area contributed by atoms with Gasteiger partial charge in [-0.3, -0.25) is 4.79 Å². The van der Waals surface area contributed by atoms with E-state index >= 15 is 0 Å². The number of ether oxygens (including phenoxy) is 2. The van der Waals surface area contributed by atoms with Gasteiger partial charge in [0.15, 0.2) is 0 Å². The molecule has 0 N–H and O–H groups in total. The molecule has 0 aromatic heterocycles. The minimum Gasteiger partial charge on any atom is -0.463 e. The number of esters is 1. The van der Waals surface area contributed by atoms with Crippen LogP contribution in [0.2, 0.25) is 0 Å². The van der Waals surface area contributed by atoms with E-state index in [0.717, 1.165) is 18.4 Å². The lowest BCUT2D eigenvalue weighted by Gasteiger charge is -2.04. The van der Waals surface area contributed by atoms with Gasteiger partial charge in [0, 0.05) is 0 Å². The predicted octanol–water partition coefficient (Wildman–Crippen LogP) is 1.68. The van der Waals surface area contributed by atoms with Gasteiger partial charge in [0.2, 0.25) is 0 Å². The average molecular weight is 220 g/mol. The monoisotopic (exact) mass is 220 g/mol. The first-order chi connectivity index (χ1) is 7.79. The van der Waals surface area contributed by atoms with Crippen molar-refractivity contribution in [2.24, 2.45) is 0 Å². The molecule has 0 unspecified atom stereocenters. The molecule has 1 aromatic carbocycles. The number of benzene rings is 1. The molecule has 0 aliphatic heterocycles. The summed E-state index contributed by atoms with van der Waals surface area (Å²) in [6.07, 6.45) is 2.02. The van der Waals surface area contributed by atoms with Crippen molar-refractivity contribution in [3.05, 3.63) is 35.4 Å². The van der Waals surface area contributed by atoms with Gasteiger partial charge in [-0.25, -0.2) is 4.79 Å². The Hall–Kier alpha value is -1.84. The molecular weight excluding hydrogens is 208 g/mol. The maximum atomic E-state index is 11.6. The van der Waals surface area contributed by atoms with Gasteiger partial charge in [-0.1, -0.05) is 12.1 Å². The van der Waals surface area contributed by atoms with Crippen LogP contribution in [0.3, 0.4) is 0 Å². The molecule has 0 amide bonds.